The molecule has 1 aromatic carbocycles. The number of carbonyl (C=O) groups excluding carboxylic acids is 3. The lowest BCUT2D eigenvalue weighted by molar-refractivity contribution is -0.122. The van der Waals surface area contributed by atoms with E-state index in [1.54, 1.807) is 18.2 Å². The molecule has 1 aliphatic rings. The highest BCUT2D eigenvalue weighted by Gasteiger charge is 2.38. The number of benzene rings is 1. The van der Waals surface area contributed by atoms with Crippen molar-refractivity contribution in [1.82, 2.24) is 0 Å². The first kappa shape index (κ1) is 27.8. The summed E-state index contributed by atoms with van der Waals surface area (Å²) in [4.78, 5) is 37.8. The van der Waals surface area contributed by atoms with Crippen LogP contribution in [0.25, 0.3) is 0 Å². The van der Waals surface area contributed by atoms with Crippen molar-refractivity contribution in [1.29, 1.82) is 0 Å². The molecule has 0 radical (unpaired) electrons. The van der Waals surface area contributed by atoms with Gasteiger partial charge in [-0.25, -0.2) is 0 Å². The number of unbranched alkanes of at least 4 members (excludes halogenated alkanes) is 12. The minimum Gasteiger partial charge on any atom is -0.366 e. The highest BCUT2D eigenvalue weighted by atomic mass is 16.2. The maximum absolute atomic E-state index is 12.8. The number of carbonyl (C=O) groups is 3. The van der Waals surface area contributed by atoms with Crippen LogP contribution in [0.1, 0.15) is 120 Å². The summed E-state index contributed by atoms with van der Waals surface area (Å²) in [5, 5.41) is 0. The fourth-order valence-corrected chi connectivity index (χ4v) is 4.63. The first-order chi connectivity index (χ1) is 16.5. The van der Waals surface area contributed by atoms with Crippen LogP contribution in [0.4, 0.5) is 5.69 Å². The van der Waals surface area contributed by atoms with E-state index in [2.05, 4.69) is 19.1 Å². The van der Waals surface area contributed by atoms with Crippen LogP contribution in [0.2, 0.25) is 0 Å². The molecule has 0 aliphatic carbocycles. The van der Waals surface area contributed by atoms with Gasteiger partial charge in [-0.15, -0.1) is 0 Å². The molecule has 1 unspecified atom stereocenters. The molecule has 1 atom stereocenters. The van der Waals surface area contributed by atoms with Crippen molar-refractivity contribution < 1.29 is 14.4 Å². The Kier molecular flexibility index (Phi) is 13.3. The Morgan fingerprint density at radius 1 is 0.912 bits per heavy atom. The van der Waals surface area contributed by atoms with E-state index < -0.39 is 5.91 Å². The molecule has 1 fully saturated rings. The van der Waals surface area contributed by atoms with Crippen LogP contribution >= 0.6 is 0 Å². The Hall–Kier alpha value is -2.43. The number of hydrogen-bond acceptors (Lipinski definition) is 3. The van der Waals surface area contributed by atoms with E-state index in [0.717, 1.165) is 12.8 Å². The van der Waals surface area contributed by atoms with Crippen molar-refractivity contribution in [2.75, 3.05) is 4.90 Å². The fourth-order valence-electron chi connectivity index (χ4n) is 4.63. The third-order valence-electron chi connectivity index (χ3n) is 6.70. The summed E-state index contributed by atoms with van der Waals surface area (Å²) in [5.74, 6) is -1.25. The standard InChI is InChI=1S/C29H44N2O3/c1-2-3-4-5-6-7-8-9-10-11-12-13-14-15-16-17-19-25-23-27(32)31(29(25)34)26-21-18-20-24(22-26)28(30)33/h15-16,18,20-22,25H,2-14,17,19,23H2,1H3,(H2,30,33). The molecule has 0 aromatic heterocycles. The second-order valence-electron chi connectivity index (χ2n) is 9.61. The molecule has 5 nitrogen and oxygen atoms in total. The summed E-state index contributed by atoms with van der Waals surface area (Å²) in [6.45, 7) is 2.27. The molecule has 5 heteroatoms. The summed E-state index contributed by atoms with van der Waals surface area (Å²) >= 11 is 0. The monoisotopic (exact) mass is 468 g/mol. The summed E-state index contributed by atoms with van der Waals surface area (Å²) in [7, 11) is 0. The van der Waals surface area contributed by atoms with E-state index in [4.69, 9.17) is 5.73 Å². The topological polar surface area (TPSA) is 80.5 Å². The molecule has 1 aliphatic heterocycles. The van der Waals surface area contributed by atoms with Crippen molar-refractivity contribution in [2.24, 2.45) is 11.7 Å². The summed E-state index contributed by atoms with van der Waals surface area (Å²) in [6.07, 6.45) is 23.5. The maximum Gasteiger partial charge on any atom is 0.248 e. The zero-order chi connectivity index (χ0) is 24.6. The van der Waals surface area contributed by atoms with Gasteiger partial charge in [-0.05, 0) is 43.9 Å². The minimum atomic E-state index is -0.573. The zero-order valence-electron chi connectivity index (χ0n) is 21.1. The predicted octanol–water partition coefficient (Wildman–Crippen LogP) is 7.09. The Morgan fingerprint density at radius 2 is 1.50 bits per heavy atom. The summed E-state index contributed by atoms with van der Waals surface area (Å²) < 4.78 is 0. The number of rotatable bonds is 18. The lowest BCUT2D eigenvalue weighted by atomic mass is 10.0. The van der Waals surface area contributed by atoms with Crippen molar-refractivity contribution in [2.45, 2.75) is 110 Å². The average molecular weight is 469 g/mol. The number of hydrogen-bond donors (Lipinski definition) is 1. The van der Waals surface area contributed by atoms with Crippen molar-refractivity contribution in [3.05, 3.63) is 42.0 Å². The lowest BCUT2D eigenvalue weighted by Crippen LogP contribution is -2.30. The Bertz CT molecular complexity index is 802. The van der Waals surface area contributed by atoms with Crippen LogP contribution in [-0.4, -0.2) is 17.7 Å². The molecule has 1 aromatic rings. The molecule has 1 heterocycles. The second kappa shape index (κ2) is 16.2. The quantitative estimate of drug-likeness (QED) is 0.142. The number of allylic oxidation sites excluding steroid dienone is 2. The van der Waals surface area contributed by atoms with Gasteiger partial charge in [-0.2, -0.15) is 0 Å². The van der Waals surface area contributed by atoms with Crippen molar-refractivity contribution >= 4 is 23.4 Å². The summed E-state index contributed by atoms with van der Waals surface area (Å²) in [6, 6.07) is 6.39. The van der Waals surface area contributed by atoms with Gasteiger partial charge in [0.1, 0.15) is 0 Å². The first-order valence-electron chi connectivity index (χ1n) is 13.5. The van der Waals surface area contributed by atoms with E-state index in [1.165, 1.54) is 88.0 Å². The maximum atomic E-state index is 12.8. The normalized spacial score (nSPS) is 16.1. The zero-order valence-corrected chi connectivity index (χ0v) is 21.1. The van der Waals surface area contributed by atoms with Crippen molar-refractivity contribution in [3.8, 4) is 0 Å². The lowest BCUT2D eigenvalue weighted by Gasteiger charge is -2.15. The molecule has 1 saturated heterocycles. The molecule has 0 saturated carbocycles. The number of nitrogens with two attached hydrogens (primary N) is 1. The molecule has 2 rings (SSSR count). The molecular weight excluding hydrogens is 424 g/mol. The molecular formula is C29H44N2O3. The minimum absolute atomic E-state index is 0.180. The van der Waals surface area contributed by atoms with E-state index in [1.807, 2.05) is 0 Å². The largest absolute Gasteiger partial charge is 0.366 e. The Balaban J connectivity index is 1.54. The van der Waals surface area contributed by atoms with Gasteiger partial charge in [0.2, 0.25) is 17.7 Å². The van der Waals surface area contributed by atoms with E-state index in [9.17, 15) is 14.4 Å². The van der Waals surface area contributed by atoms with Crippen LogP contribution in [0, 0.1) is 5.92 Å². The number of imide groups is 1. The van der Waals surface area contributed by atoms with Gasteiger partial charge in [0.25, 0.3) is 0 Å². The van der Waals surface area contributed by atoms with Gasteiger partial charge < -0.3 is 5.73 Å². The number of primary amides is 1. The first-order valence-corrected chi connectivity index (χ1v) is 13.5. The van der Waals surface area contributed by atoms with Gasteiger partial charge in [0.15, 0.2) is 0 Å². The SMILES string of the molecule is CCCCCCCCCCCCCCC=CCCC1CC(=O)N(c2cccc(C(N)=O)c2)C1=O. The van der Waals surface area contributed by atoms with Gasteiger partial charge in [-0.1, -0.05) is 95.8 Å². The number of anilines is 1. The Labute approximate surface area is 206 Å². The highest BCUT2D eigenvalue weighted by molar-refractivity contribution is 6.21. The molecule has 2 N–H and O–H groups in total. The molecule has 34 heavy (non-hydrogen) atoms. The van der Waals surface area contributed by atoms with Gasteiger partial charge in [0.05, 0.1) is 5.69 Å². The van der Waals surface area contributed by atoms with Gasteiger partial charge >= 0.3 is 0 Å². The highest BCUT2D eigenvalue weighted by Crippen LogP contribution is 2.29. The van der Waals surface area contributed by atoms with E-state index >= 15 is 0 Å². The van der Waals surface area contributed by atoms with Crippen molar-refractivity contribution in [3.63, 3.8) is 0 Å². The van der Waals surface area contributed by atoms with Gasteiger partial charge in [0, 0.05) is 17.9 Å². The molecule has 0 spiro atoms. The summed E-state index contributed by atoms with van der Waals surface area (Å²) in [5.41, 5.74) is 6.04. The third kappa shape index (κ3) is 9.82. The predicted molar refractivity (Wildman–Crippen MR) is 140 cm³/mol. The molecule has 0 bridgehead atoms. The Morgan fingerprint density at radius 3 is 2.12 bits per heavy atom. The van der Waals surface area contributed by atoms with Crippen LogP contribution in [-0.2, 0) is 9.59 Å². The second-order valence-corrected chi connectivity index (χ2v) is 9.61. The smallest absolute Gasteiger partial charge is 0.248 e. The van der Waals surface area contributed by atoms with E-state index in [-0.39, 0.29) is 24.2 Å². The number of nitrogens with zero attached hydrogens (tertiary/aromatic N) is 1. The van der Waals surface area contributed by atoms with Crippen LogP contribution in [0.15, 0.2) is 36.4 Å². The average Bonchev–Trinajstić information content (AvgIpc) is 3.11. The van der Waals surface area contributed by atoms with E-state index in [0.29, 0.717) is 17.7 Å². The number of amides is 3. The third-order valence-corrected chi connectivity index (χ3v) is 6.70. The van der Waals surface area contributed by atoms with Gasteiger partial charge in [-0.3, -0.25) is 19.3 Å². The van der Waals surface area contributed by atoms with Crippen LogP contribution in [0.5, 0.6) is 0 Å². The molecule has 188 valence electrons. The fraction of sp³-hybridized carbons (Fsp3) is 0.621. The van der Waals surface area contributed by atoms with Crippen LogP contribution in [0.3, 0.4) is 0 Å². The van der Waals surface area contributed by atoms with Crippen LogP contribution < -0.4 is 10.6 Å². The molecule has 3 amide bonds.